The van der Waals surface area contributed by atoms with Gasteiger partial charge >= 0.3 is 10.4 Å². The van der Waals surface area contributed by atoms with Crippen LogP contribution in [0.15, 0.2) is 11.5 Å². The van der Waals surface area contributed by atoms with E-state index < -0.39 is 10.4 Å². The molecule has 0 fully saturated rings. The van der Waals surface area contributed by atoms with Crippen LogP contribution in [0.2, 0.25) is 0 Å². The zero-order valence-corrected chi connectivity index (χ0v) is 6.73. The molecule has 0 saturated heterocycles. The Morgan fingerprint density at radius 3 is 2.00 bits per heavy atom. The zero-order valence-electron chi connectivity index (χ0n) is 5.10. The molecule has 1 aliphatic rings. The average Bonchev–Trinajstić information content (AvgIpc) is 2.07. The maximum absolute atomic E-state index is 8.74. The second-order valence-corrected chi connectivity index (χ2v) is 3.39. The van der Waals surface area contributed by atoms with Crippen LogP contribution < -0.4 is 0 Å². The molecule has 0 radical (unpaired) electrons. The molecular formula is C4H8O4S2. The van der Waals surface area contributed by atoms with Crippen LogP contribution in [0.3, 0.4) is 0 Å². The summed E-state index contributed by atoms with van der Waals surface area (Å²) < 4.78 is 31.6. The number of allylic oxidation sites excluding steroid dienone is 1. The minimum atomic E-state index is -4.67. The molecule has 1 heterocycles. The lowest BCUT2D eigenvalue weighted by Crippen LogP contribution is -1.89. The molecule has 4 nitrogen and oxygen atoms in total. The van der Waals surface area contributed by atoms with Crippen molar-refractivity contribution in [3.8, 4) is 0 Å². The molecule has 0 aromatic heterocycles. The van der Waals surface area contributed by atoms with E-state index in [4.69, 9.17) is 17.5 Å². The van der Waals surface area contributed by atoms with E-state index in [2.05, 4.69) is 11.5 Å². The third-order valence-corrected chi connectivity index (χ3v) is 1.45. The highest BCUT2D eigenvalue weighted by molar-refractivity contribution is 8.02. The molecule has 10 heavy (non-hydrogen) atoms. The van der Waals surface area contributed by atoms with E-state index in [1.807, 2.05) is 11.8 Å². The average molecular weight is 184 g/mol. The van der Waals surface area contributed by atoms with Crippen molar-refractivity contribution in [3.63, 3.8) is 0 Å². The van der Waals surface area contributed by atoms with Crippen molar-refractivity contribution in [2.45, 2.75) is 6.42 Å². The van der Waals surface area contributed by atoms with Crippen LogP contribution in [0.4, 0.5) is 0 Å². The zero-order chi connectivity index (χ0) is 8.04. The minimum absolute atomic E-state index is 1.28. The molecule has 60 valence electrons. The summed E-state index contributed by atoms with van der Waals surface area (Å²) in [6.45, 7) is 0. The van der Waals surface area contributed by atoms with Gasteiger partial charge in [0.15, 0.2) is 0 Å². The van der Waals surface area contributed by atoms with Crippen LogP contribution >= 0.6 is 11.8 Å². The van der Waals surface area contributed by atoms with E-state index in [9.17, 15) is 0 Å². The van der Waals surface area contributed by atoms with E-state index in [-0.39, 0.29) is 0 Å². The van der Waals surface area contributed by atoms with Gasteiger partial charge in [0, 0.05) is 5.75 Å². The van der Waals surface area contributed by atoms with Gasteiger partial charge in [-0.2, -0.15) is 8.42 Å². The summed E-state index contributed by atoms with van der Waals surface area (Å²) in [5, 5.41) is 2.15. The standard InChI is InChI=1S/C4H6S.H2O4S/c1-2-4-5-3-1;1-5(2,3)4/h1,3H,2,4H2;(H2,1,2,3,4). The molecule has 0 aromatic rings. The topological polar surface area (TPSA) is 74.6 Å². The summed E-state index contributed by atoms with van der Waals surface area (Å²) in [4.78, 5) is 0. The van der Waals surface area contributed by atoms with Crippen LogP contribution in [0, 0.1) is 0 Å². The predicted octanol–water partition coefficient (Wildman–Crippen LogP) is 0.984. The van der Waals surface area contributed by atoms with Gasteiger partial charge in [-0.05, 0) is 11.8 Å². The van der Waals surface area contributed by atoms with Crippen LogP contribution in [0.25, 0.3) is 0 Å². The van der Waals surface area contributed by atoms with Gasteiger partial charge < -0.3 is 0 Å². The molecule has 1 aliphatic heterocycles. The van der Waals surface area contributed by atoms with E-state index in [1.165, 1.54) is 12.2 Å². The van der Waals surface area contributed by atoms with Crippen molar-refractivity contribution in [1.29, 1.82) is 0 Å². The van der Waals surface area contributed by atoms with Gasteiger partial charge in [0.1, 0.15) is 0 Å². The number of hydrogen-bond acceptors (Lipinski definition) is 3. The first kappa shape index (κ1) is 9.96. The second kappa shape index (κ2) is 4.73. The van der Waals surface area contributed by atoms with E-state index in [0.717, 1.165) is 0 Å². The fourth-order valence-electron chi connectivity index (χ4n) is 0.340. The van der Waals surface area contributed by atoms with Crippen LogP contribution in [0.1, 0.15) is 6.42 Å². The van der Waals surface area contributed by atoms with Gasteiger partial charge in [-0.15, -0.1) is 11.8 Å². The number of hydrogen-bond donors (Lipinski definition) is 2. The smallest absolute Gasteiger partial charge is 0.264 e. The van der Waals surface area contributed by atoms with Crippen molar-refractivity contribution >= 4 is 22.2 Å². The van der Waals surface area contributed by atoms with E-state index in [1.54, 1.807) is 0 Å². The van der Waals surface area contributed by atoms with Gasteiger partial charge in [0.25, 0.3) is 0 Å². The maximum Gasteiger partial charge on any atom is 0.394 e. The van der Waals surface area contributed by atoms with Crippen molar-refractivity contribution in [3.05, 3.63) is 11.5 Å². The first-order valence-corrected chi connectivity index (χ1v) is 4.91. The Labute approximate surface area is 63.9 Å². The van der Waals surface area contributed by atoms with E-state index >= 15 is 0 Å². The van der Waals surface area contributed by atoms with E-state index in [0.29, 0.717) is 0 Å². The molecule has 1 rings (SSSR count). The SMILES string of the molecule is C1=CSCC1.O=S(=O)(O)O. The Morgan fingerprint density at radius 2 is 1.90 bits per heavy atom. The van der Waals surface area contributed by atoms with Crippen molar-refractivity contribution in [2.75, 3.05) is 5.75 Å². The molecule has 6 heteroatoms. The fourth-order valence-corrected chi connectivity index (χ4v) is 1.02. The third kappa shape index (κ3) is 15.7. The quantitative estimate of drug-likeness (QED) is 0.549. The van der Waals surface area contributed by atoms with Crippen molar-refractivity contribution < 1.29 is 17.5 Å². The minimum Gasteiger partial charge on any atom is -0.264 e. The lowest BCUT2D eigenvalue weighted by atomic mass is 10.5. The monoisotopic (exact) mass is 184 g/mol. The van der Waals surface area contributed by atoms with Crippen LogP contribution in [-0.2, 0) is 10.4 Å². The Morgan fingerprint density at radius 1 is 1.40 bits per heavy atom. The molecule has 0 atom stereocenters. The van der Waals surface area contributed by atoms with Gasteiger partial charge in [-0.25, -0.2) is 0 Å². The number of rotatable bonds is 0. The Kier molecular flexibility index (Phi) is 4.71. The number of thioether (sulfide) groups is 1. The normalized spacial score (nSPS) is 16.2. The lowest BCUT2D eigenvalue weighted by Gasteiger charge is -1.69. The highest BCUT2D eigenvalue weighted by Crippen LogP contribution is 2.11. The molecule has 0 unspecified atom stereocenters. The molecular weight excluding hydrogens is 176 g/mol. The molecule has 0 aliphatic carbocycles. The summed E-state index contributed by atoms with van der Waals surface area (Å²) in [7, 11) is -4.67. The first-order valence-electron chi connectivity index (χ1n) is 2.46. The van der Waals surface area contributed by atoms with Gasteiger partial charge in [-0.1, -0.05) is 6.08 Å². The van der Waals surface area contributed by atoms with Gasteiger partial charge in [0.05, 0.1) is 0 Å². The van der Waals surface area contributed by atoms with Crippen LogP contribution in [-0.4, -0.2) is 23.3 Å². The molecule has 0 amide bonds. The Balaban J connectivity index is 0.000000162. The fraction of sp³-hybridized carbons (Fsp3) is 0.500. The highest BCUT2D eigenvalue weighted by atomic mass is 32.3. The summed E-state index contributed by atoms with van der Waals surface area (Å²) in [5.74, 6) is 1.31. The molecule has 0 aromatic carbocycles. The largest absolute Gasteiger partial charge is 0.394 e. The molecule has 0 saturated carbocycles. The van der Waals surface area contributed by atoms with Gasteiger partial charge in [0.2, 0.25) is 0 Å². The summed E-state index contributed by atoms with van der Waals surface area (Å²) in [6, 6.07) is 0. The highest BCUT2D eigenvalue weighted by Gasteiger charge is 1.85. The second-order valence-electron chi connectivity index (χ2n) is 1.48. The summed E-state index contributed by atoms with van der Waals surface area (Å²) >= 11 is 1.89. The molecule has 2 N–H and O–H groups in total. The predicted molar refractivity (Wildman–Crippen MR) is 40.4 cm³/mol. The Bertz CT molecular complexity index is 179. The Hall–Kier alpha value is -0.0400. The van der Waals surface area contributed by atoms with Gasteiger partial charge in [-0.3, -0.25) is 9.11 Å². The van der Waals surface area contributed by atoms with Crippen molar-refractivity contribution in [1.82, 2.24) is 0 Å². The van der Waals surface area contributed by atoms with Crippen molar-refractivity contribution in [2.24, 2.45) is 0 Å². The lowest BCUT2D eigenvalue weighted by molar-refractivity contribution is 0.381. The third-order valence-electron chi connectivity index (χ3n) is 0.595. The summed E-state index contributed by atoms with van der Waals surface area (Å²) in [6.07, 6.45) is 3.48. The van der Waals surface area contributed by atoms with Crippen LogP contribution in [0.5, 0.6) is 0 Å². The first-order chi connectivity index (χ1) is 4.50. The molecule has 0 spiro atoms. The maximum atomic E-state index is 8.74. The summed E-state index contributed by atoms with van der Waals surface area (Å²) in [5.41, 5.74) is 0. The molecule has 0 bridgehead atoms.